The molecule has 0 saturated carbocycles. The highest BCUT2D eigenvalue weighted by Crippen LogP contribution is 2.15. The number of aliphatic imine (C=N–C) groups is 1. The lowest BCUT2D eigenvalue weighted by molar-refractivity contribution is 0.324. The lowest BCUT2D eigenvalue weighted by atomic mass is 10.1. The Labute approximate surface area is 124 Å². The first-order valence-corrected chi connectivity index (χ1v) is 6.96. The molecule has 0 spiro atoms. The van der Waals surface area contributed by atoms with Crippen molar-refractivity contribution in [1.29, 1.82) is 0 Å². The molecule has 0 radical (unpaired) electrons. The topological polar surface area (TPSA) is 45.7 Å². The Morgan fingerprint density at radius 3 is 2.52 bits per heavy atom. The second-order valence-corrected chi connectivity index (χ2v) is 5.56. The van der Waals surface area contributed by atoms with Gasteiger partial charge in [0.25, 0.3) is 0 Å². The van der Waals surface area contributed by atoms with Gasteiger partial charge in [-0.1, -0.05) is 0 Å². The molecular weight excluding hydrogens is 276 g/mol. The molecule has 4 nitrogen and oxygen atoms in total. The second kappa shape index (κ2) is 7.81. The maximum Gasteiger partial charge on any atom is 0.191 e. The molecule has 0 aliphatic heterocycles. The van der Waals surface area contributed by atoms with Crippen LogP contribution in [0.4, 0.5) is 8.78 Å². The molecule has 2 N–H and O–H groups in total. The summed E-state index contributed by atoms with van der Waals surface area (Å²) >= 11 is 0. The Morgan fingerprint density at radius 2 is 1.95 bits per heavy atom. The molecule has 0 unspecified atom stereocenters. The summed E-state index contributed by atoms with van der Waals surface area (Å²) in [5, 5.41) is 6.37. The van der Waals surface area contributed by atoms with E-state index in [-0.39, 0.29) is 17.9 Å². The van der Waals surface area contributed by atoms with Gasteiger partial charge in [0.1, 0.15) is 12.4 Å². The molecule has 0 fully saturated rings. The van der Waals surface area contributed by atoms with Crippen LogP contribution in [-0.2, 0) is 0 Å². The third-order valence-electron chi connectivity index (χ3n) is 2.36. The van der Waals surface area contributed by atoms with E-state index in [2.05, 4.69) is 15.6 Å². The van der Waals surface area contributed by atoms with Gasteiger partial charge in [-0.15, -0.1) is 0 Å². The number of hydrogen-bond acceptors (Lipinski definition) is 2. The number of benzene rings is 1. The van der Waals surface area contributed by atoms with Crippen LogP contribution in [0.2, 0.25) is 0 Å². The first-order valence-electron chi connectivity index (χ1n) is 6.96. The summed E-state index contributed by atoms with van der Waals surface area (Å²) in [4.78, 5) is 4.36. The number of halogens is 2. The quantitative estimate of drug-likeness (QED) is 0.499. The standard InChI is InChI=1S/C15H23F2N3O/c1-5-18-14(20-15(2,3)4)19-8-9-21-11-6-7-12(16)13(17)10-11/h6-7,10H,5,8-9H2,1-4H3,(H2,18,19,20). The summed E-state index contributed by atoms with van der Waals surface area (Å²) in [5.41, 5.74) is -0.0953. The van der Waals surface area contributed by atoms with Gasteiger partial charge in [-0.2, -0.15) is 0 Å². The largest absolute Gasteiger partial charge is 0.492 e. The van der Waals surface area contributed by atoms with E-state index >= 15 is 0 Å². The van der Waals surface area contributed by atoms with Crippen LogP contribution in [0, 0.1) is 11.6 Å². The van der Waals surface area contributed by atoms with E-state index in [4.69, 9.17) is 4.74 Å². The zero-order chi connectivity index (χ0) is 15.9. The van der Waals surface area contributed by atoms with E-state index in [1.807, 2.05) is 27.7 Å². The fraction of sp³-hybridized carbons (Fsp3) is 0.533. The summed E-state index contributed by atoms with van der Waals surface area (Å²) in [6, 6.07) is 3.46. The normalized spacial score (nSPS) is 12.2. The summed E-state index contributed by atoms with van der Waals surface area (Å²) in [6.07, 6.45) is 0. The smallest absolute Gasteiger partial charge is 0.191 e. The zero-order valence-electron chi connectivity index (χ0n) is 13.0. The molecule has 1 aromatic rings. The highest BCUT2D eigenvalue weighted by Gasteiger charge is 2.11. The number of ether oxygens (including phenoxy) is 1. The van der Waals surface area contributed by atoms with E-state index in [0.717, 1.165) is 18.7 Å². The van der Waals surface area contributed by atoms with Crippen LogP contribution in [0.1, 0.15) is 27.7 Å². The van der Waals surface area contributed by atoms with Gasteiger partial charge in [0.15, 0.2) is 17.6 Å². The molecule has 6 heteroatoms. The maximum atomic E-state index is 13.0. The van der Waals surface area contributed by atoms with Gasteiger partial charge in [-0.3, -0.25) is 0 Å². The highest BCUT2D eigenvalue weighted by molar-refractivity contribution is 5.80. The molecule has 118 valence electrons. The predicted octanol–water partition coefficient (Wildman–Crippen LogP) is 2.70. The van der Waals surface area contributed by atoms with Crippen molar-refractivity contribution >= 4 is 5.96 Å². The molecule has 0 aliphatic rings. The lowest BCUT2D eigenvalue weighted by Crippen LogP contribution is -2.47. The monoisotopic (exact) mass is 299 g/mol. The average Bonchev–Trinajstić information content (AvgIpc) is 2.37. The Kier molecular flexibility index (Phi) is 6.39. The molecule has 0 atom stereocenters. The van der Waals surface area contributed by atoms with E-state index < -0.39 is 11.6 Å². The van der Waals surface area contributed by atoms with Crippen molar-refractivity contribution in [3.63, 3.8) is 0 Å². The molecule has 0 heterocycles. The van der Waals surface area contributed by atoms with Crippen molar-refractivity contribution < 1.29 is 13.5 Å². The molecule has 0 saturated heterocycles. The van der Waals surface area contributed by atoms with E-state index in [9.17, 15) is 8.78 Å². The Balaban J connectivity index is 2.48. The van der Waals surface area contributed by atoms with Crippen molar-refractivity contribution in [3.05, 3.63) is 29.8 Å². The minimum Gasteiger partial charge on any atom is -0.492 e. The highest BCUT2D eigenvalue weighted by atomic mass is 19.2. The van der Waals surface area contributed by atoms with Crippen LogP contribution in [0.5, 0.6) is 5.75 Å². The second-order valence-electron chi connectivity index (χ2n) is 5.56. The third-order valence-corrected chi connectivity index (χ3v) is 2.36. The molecule has 0 bridgehead atoms. The lowest BCUT2D eigenvalue weighted by Gasteiger charge is -2.23. The molecule has 21 heavy (non-hydrogen) atoms. The number of nitrogens with zero attached hydrogens (tertiary/aromatic N) is 1. The fourth-order valence-corrected chi connectivity index (χ4v) is 1.55. The molecule has 1 rings (SSSR count). The van der Waals surface area contributed by atoms with Crippen molar-refractivity contribution in [2.24, 2.45) is 4.99 Å². The Morgan fingerprint density at radius 1 is 1.24 bits per heavy atom. The average molecular weight is 299 g/mol. The van der Waals surface area contributed by atoms with E-state index in [0.29, 0.717) is 12.5 Å². The van der Waals surface area contributed by atoms with Gasteiger partial charge in [0.2, 0.25) is 0 Å². The van der Waals surface area contributed by atoms with Crippen LogP contribution >= 0.6 is 0 Å². The number of rotatable bonds is 5. The van der Waals surface area contributed by atoms with Crippen LogP contribution in [-0.4, -0.2) is 31.2 Å². The summed E-state index contributed by atoms with van der Waals surface area (Å²) < 4.78 is 31.1. The fourth-order valence-electron chi connectivity index (χ4n) is 1.55. The van der Waals surface area contributed by atoms with Crippen LogP contribution < -0.4 is 15.4 Å². The van der Waals surface area contributed by atoms with Crippen molar-refractivity contribution in [3.8, 4) is 5.75 Å². The Hall–Kier alpha value is -1.85. The first-order chi connectivity index (χ1) is 9.81. The van der Waals surface area contributed by atoms with Crippen molar-refractivity contribution in [2.45, 2.75) is 33.2 Å². The zero-order valence-corrected chi connectivity index (χ0v) is 13.0. The summed E-state index contributed by atoms with van der Waals surface area (Å²) in [6.45, 7) is 9.55. The van der Waals surface area contributed by atoms with Gasteiger partial charge in [-0.25, -0.2) is 13.8 Å². The van der Waals surface area contributed by atoms with Crippen molar-refractivity contribution in [1.82, 2.24) is 10.6 Å². The van der Waals surface area contributed by atoms with Gasteiger partial charge in [0, 0.05) is 18.2 Å². The number of hydrogen-bond donors (Lipinski definition) is 2. The minimum atomic E-state index is -0.918. The molecular formula is C15H23F2N3O. The predicted molar refractivity (Wildman–Crippen MR) is 80.7 cm³/mol. The van der Waals surface area contributed by atoms with Crippen LogP contribution in [0.3, 0.4) is 0 Å². The van der Waals surface area contributed by atoms with Gasteiger partial charge < -0.3 is 15.4 Å². The van der Waals surface area contributed by atoms with Gasteiger partial charge in [-0.05, 0) is 39.8 Å². The van der Waals surface area contributed by atoms with Crippen LogP contribution in [0.15, 0.2) is 23.2 Å². The molecule has 1 aromatic carbocycles. The van der Waals surface area contributed by atoms with E-state index in [1.54, 1.807) is 0 Å². The summed E-state index contributed by atoms with van der Waals surface area (Å²) in [7, 11) is 0. The van der Waals surface area contributed by atoms with Gasteiger partial charge >= 0.3 is 0 Å². The number of nitrogens with one attached hydrogen (secondary N) is 2. The van der Waals surface area contributed by atoms with Gasteiger partial charge in [0.05, 0.1) is 6.54 Å². The molecule has 0 amide bonds. The van der Waals surface area contributed by atoms with E-state index in [1.165, 1.54) is 6.07 Å². The van der Waals surface area contributed by atoms with Crippen LogP contribution in [0.25, 0.3) is 0 Å². The van der Waals surface area contributed by atoms with Crippen molar-refractivity contribution in [2.75, 3.05) is 19.7 Å². The Bertz CT molecular complexity index is 484. The minimum absolute atomic E-state index is 0.0953. The summed E-state index contributed by atoms with van der Waals surface area (Å²) in [5.74, 6) is -0.820. The third kappa shape index (κ3) is 6.92. The molecule has 0 aliphatic carbocycles. The first kappa shape index (κ1) is 17.2. The number of guanidine groups is 1. The molecule has 0 aromatic heterocycles. The SMILES string of the molecule is CCNC(=NCCOc1ccc(F)c(F)c1)NC(C)(C)C. The maximum absolute atomic E-state index is 13.0.